The molecule has 1 heterocycles. The summed E-state index contributed by atoms with van der Waals surface area (Å²) in [6.07, 6.45) is 8.90. The van der Waals surface area contributed by atoms with E-state index in [1.807, 2.05) is 0 Å². The molecule has 0 aliphatic carbocycles. The number of ketones is 1. The molecule has 0 aromatic heterocycles. The van der Waals surface area contributed by atoms with Crippen molar-refractivity contribution in [1.29, 1.82) is 0 Å². The lowest BCUT2D eigenvalue weighted by molar-refractivity contribution is -0.137. The molecular weight excluding hydrogens is 1180 g/mol. The fourth-order valence-corrected chi connectivity index (χ4v) is 9.31. The van der Waals surface area contributed by atoms with Crippen molar-refractivity contribution >= 4 is 82.8 Å². The molecule has 0 aromatic carbocycles. The van der Waals surface area contributed by atoms with Crippen LogP contribution in [0.1, 0.15) is 167 Å². The first kappa shape index (κ1) is 80.9. The van der Waals surface area contributed by atoms with Crippen LogP contribution in [0.4, 0.5) is 0 Å². The standard InChI is InChI=1S/C57H108N22O12/c1-2-3-4-5-6-7-8-11-28-68-45(81)26-25-44-53(89)77-41(21-14-31-71-56(64)65)50(86)75-39(19-12-29-69-54(60)61)48(84)74-40(20-13-30-70-55(62)63)49(85)76-42(22-15-32-72-57(66)67)51(87)78-43(52(88)79-44)24-23-37(80)17-16-33-90-34-35-91-36-46(82)73-38(47(59)83)18-9-10-27-58/h38-44H,2-36,58H2,1H3,(H2,59,83)(H,68,81)(H,73,82)(H,74,84)(H,75,86)(H,76,85)(H,77,89)(H,78,87)(H,79,88)(H4,60,61,69)(H4,62,63,70)(H4,64,65,71)(H4,66,67,72)/t38?,39-,40-,41-,42-,43-,44-/m0/s1. The minimum Gasteiger partial charge on any atom is -0.379 e. The Morgan fingerprint density at radius 2 is 0.802 bits per heavy atom. The van der Waals surface area contributed by atoms with E-state index in [-0.39, 0.29) is 172 Å². The first-order chi connectivity index (χ1) is 43.5. The smallest absolute Gasteiger partial charge is 0.246 e. The summed E-state index contributed by atoms with van der Waals surface area (Å²) in [5.74, 6) is -8.32. The molecule has 1 aliphatic rings. The second-order valence-electron chi connectivity index (χ2n) is 22.2. The molecule has 91 heavy (non-hydrogen) atoms. The Hall–Kier alpha value is -8.14. The highest BCUT2D eigenvalue weighted by Gasteiger charge is 2.35. The number of carbonyl (C=O) groups is 10. The van der Waals surface area contributed by atoms with Crippen LogP contribution >= 0.6 is 0 Å². The average molecular weight is 1290 g/mol. The van der Waals surface area contributed by atoms with Gasteiger partial charge in [0.25, 0.3) is 0 Å². The number of hydrogen-bond acceptors (Lipinski definition) is 17. The van der Waals surface area contributed by atoms with E-state index >= 15 is 0 Å². The number of Topliss-reactive ketones (excluding diaryl/α,β-unsaturated/α-hetero) is 1. The summed E-state index contributed by atoms with van der Waals surface area (Å²) in [6, 6.07) is -9.66. The van der Waals surface area contributed by atoms with Crippen molar-refractivity contribution in [1.82, 2.24) is 42.5 Å². The predicted octanol–water partition coefficient (Wildman–Crippen LogP) is -4.58. The highest BCUT2D eigenvalue weighted by atomic mass is 16.5. The minimum absolute atomic E-state index is 0.00202. The summed E-state index contributed by atoms with van der Waals surface area (Å²) in [4.78, 5) is 155. The zero-order valence-corrected chi connectivity index (χ0v) is 53.3. The second-order valence-corrected chi connectivity index (χ2v) is 22.2. The van der Waals surface area contributed by atoms with Gasteiger partial charge in [0.2, 0.25) is 53.2 Å². The van der Waals surface area contributed by atoms with Gasteiger partial charge in [-0.1, -0.05) is 51.9 Å². The molecule has 0 bridgehead atoms. The zero-order valence-electron chi connectivity index (χ0n) is 53.3. The van der Waals surface area contributed by atoms with Crippen molar-refractivity contribution < 1.29 is 57.4 Å². The molecule has 0 saturated carbocycles. The summed E-state index contributed by atoms with van der Waals surface area (Å²) in [6.45, 7) is 2.81. The first-order valence-electron chi connectivity index (χ1n) is 31.7. The number of ether oxygens (including phenoxy) is 2. The Morgan fingerprint density at radius 1 is 0.429 bits per heavy atom. The highest BCUT2D eigenvalue weighted by Crippen LogP contribution is 2.13. The van der Waals surface area contributed by atoms with Gasteiger partial charge in [-0.3, -0.25) is 67.9 Å². The number of aliphatic imine (C=N–C) groups is 4. The van der Waals surface area contributed by atoms with E-state index in [1.54, 1.807) is 0 Å². The Morgan fingerprint density at radius 3 is 1.19 bits per heavy atom. The molecule has 1 aliphatic heterocycles. The molecule has 0 radical (unpaired) electrons. The minimum atomic E-state index is -1.57. The number of nitrogens with one attached hydrogen (secondary N) is 8. The van der Waals surface area contributed by atoms with Crippen LogP contribution in [-0.2, 0) is 57.4 Å². The summed E-state index contributed by atoms with van der Waals surface area (Å²) in [5.41, 5.74) is 55.5. The van der Waals surface area contributed by atoms with Gasteiger partial charge >= 0.3 is 0 Å². The molecule has 9 amide bonds. The third kappa shape index (κ3) is 41.0. The Balaban J connectivity index is 3.77. The number of hydrogen-bond donors (Lipinski definition) is 18. The van der Waals surface area contributed by atoms with Gasteiger partial charge in [0.1, 0.15) is 54.7 Å². The fourth-order valence-electron chi connectivity index (χ4n) is 9.31. The highest BCUT2D eigenvalue weighted by molar-refractivity contribution is 5.98. The maximum Gasteiger partial charge on any atom is 0.246 e. The molecule has 1 saturated heterocycles. The monoisotopic (exact) mass is 1290 g/mol. The number of amides is 9. The van der Waals surface area contributed by atoms with Gasteiger partial charge in [-0.05, 0) is 103 Å². The molecule has 1 unspecified atom stereocenters. The molecule has 1 fully saturated rings. The summed E-state index contributed by atoms with van der Waals surface area (Å²) in [5, 5.41) is 21.5. The zero-order chi connectivity index (χ0) is 67.8. The summed E-state index contributed by atoms with van der Waals surface area (Å²) < 4.78 is 11.0. The number of rotatable bonds is 46. The molecule has 518 valence electrons. The molecular formula is C57H108N22O12. The van der Waals surface area contributed by atoms with Crippen molar-refractivity contribution in [2.75, 3.05) is 65.7 Å². The molecule has 0 aromatic rings. The second kappa shape index (κ2) is 49.6. The quantitative estimate of drug-likeness (QED) is 0.0155. The van der Waals surface area contributed by atoms with E-state index in [1.165, 1.54) is 12.8 Å². The van der Waals surface area contributed by atoms with E-state index in [9.17, 15) is 47.9 Å². The lowest BCUT2D eigenvalue weighted by atomic mass is 10.0. The topological polar surface area (TPSA) is 595 Å². The Kier molecular flexibility index (Phi) is 44.1. The Bertz CT molecular complexity index is 2350. The van der Waals surface area contributed by atoms with Gasteiger partial charge in [0.05, 0.1) is 13.2 Å². The van der Waals surface area contributed by atoms with Gasteiger partial charge in [-0.2, -0.15) is 0 Å². The van der Waals surface area contributed by atoms with Crippen molar-refractivity contribution in [2.45, 2.75) is 210 Å². The van der Waals surface area contributed by atoms with Crippen LogP contribution in [-0.4, -0.2) is 191 Å². The summed E-state index contributed by atoms with van der Waals surface area (Å²) >= 11 is 0. The third-order valence-corrected chi connectivity index (χ3v) is 14.3. The van der Waals surface area contributed by atoms with Crippen LogP contribution in [0.3, 0.4) is 0 Å². The summed E-state index contributed by atoms with van der Waals surface area (Å²) in [7, 11) is 0. The maximum atomic E-state index is 14.8. The molecule has 34 heteroatoms. The van der Waals surface area contributed by atoms with Crippen LogP contribution in [0, 0.1) is 0 Å². The SMILES string of the molecule is CCCCCCCCCCNC(=O)CC[C@@H]1NC(=O)[C@H](CCC(=O)CCCOCCOCC(=O)NC(CCCCN)C(N)=O)NC(=O)[C@H](CCCN=C(N)N)NC(=O)[C@H](CCCN=C(N)N)NC(=O)[C@H](CCCN=C(N)N)NC(=O)[C@H](CCCN=C(N)N)NC1=O. The molecule has 0 spiro atoms. The fraction of sp³-hybridized carbons (Fsp3) is 0.754. The van der Waals surface area contributed by atoms with Crippen LogP contribution in [0.25, 0.3) is 0 Å². The van der Waals surface area contributed by atoms with Crippen LogP contribution in [0.2, 0.25) is 0 Å². The molecule has 34 nitrogen and oxygen atoms in total. The van der Waals surface area contributed by atoms with E-state index in [2.05, 4.69) is 69.4 Å². The third-order valence-electron chi connectivity index (χ3n) is 14.3. The van der Waals surface area contributed by atoms with E-state index in [0.29, 0.717) is 38.8 Å². The number of carbonyl (C=O) groups excluding carboxylic acids is 10. The van der Waals surface area contributed by atoms with Crippen molar-refractivity contribution in [3.8, 4) is 0 Å². The maximum absolute atomic E-state index is 14.8. The van der Waals surface area contributed by atoms with Gasteiger partial charge in [0, 0.05) is 58.6 Å². The van der Waals surface area contributed by atoms with Gasteiger partial charge in [-0.25, -0.2) is 0 Å². The van der Waals surface area contributed by atoms with Crippen LogP contribution in [0.5, 0.6) is 0 Å². The normalized spacial score (nSPS) is 18.6. The number of guanidine groups is 4. The molecule has 1 rings (SSSR count). The lowest BCUT2D eigenvalue weighted by Gasteiger charge is -2.29. The van der Waals surface area contributed by atoms with E-state index < -0.39 is 95.5 Å². The number of nitrogens with two attached hydrogens (primary N) is 10. The van der Waals surface area contributed by atoms with Crippen LogP contribution < -0.4 is 99.9 Å². The van der Waals surface area contributed by atoms with Crippen molar-refractivity contribution in [3.63, 3.8) is 0 Å². The van der Waals surface area contributed by atoms with Gasteiger partial charge in [0.15, 0.2) is 23.8 Å². The van der Waals surface area contributed by atoms with E-state index in [4.69, 9.17) is 66.8 Å². The molecule has 7 atom stereocenters. The number of primary amides is 1. The average Bonchev–Trinajstić information content (AvgIpc) is 1.48. The number of nitrogens with zero attached hydrogens (tertiary/aromatic N) is 4. The first-order valence-corrected chi connectivity index (χ1v) is 31.7. The van der Waals surface area contributed by atoms with E-state index in [0.717, 1.165) is 32.1 Å². The van der Waals surface area contributed by atoms with Crippen molar-refractivity contribution in [2.24, 2.45) is 77.3 Å². The van der Waals surface area contributed by atoms with Crippen LogP contribution in [0.15, 0.2) is 20.0 Å². The van der Waals surface area contributed by atoms with Gasteiger partial charge in [-0.15, -0.1) is 0 Å². The van der Waals surface area contributed by atoms with Crippen molar-refractivity contribution in [3.05, 3.63) is 0 Å². The predicted molar refractivity (Wildman–Crippen MR) is 345 cm³/mol. The largest absolute Gasteiger partial charge is 0.379 e. The lowest BCUT2D eigenvalue weighted by Crippen LogP contribution is -2.61. The number of unbranched alkanes of at least 4 members (excludes halogenated alkanes) is 8. The van der Waals surface area contributed by atoms with Gasteiger partial charge < -0.3 is 109 Å². The molecule has 28 N–H and O–H groups in total. The Labute approximate surface area is 533 Å².